The van der Waals surface area contributed by atoms with Gasteiger partial charge >= 0.3 is 0 Å². The minimum atomic E-state index is -0.290. The van der Waals surface area contributed by atoms with E-state index in [1.54, 1.807) is 24.3 Å². The Morgan fingerprint density at radius 2 is 1.80 bits per heavy atom. The number of allylic oxidation sites excluding steroid dienone is 1. The van der Waals surface area contributed by atoms with E-state index in [9.17, 15) is 14.4 Å². The molecule has 0 spiro atoms. The lowest BCUT2D eigenvalue weighted by atomic mass is 9.82. The SMILES string of the molecule is O=C(CCN1C(=O)c2ccccc2C1=O)N1CCC2CCCC=C2C1. The fraction of sp³-hybridized carbons (Fsp3) is 0.450. The Kier molecular flexibility index (Phi) is 4.15. The summed E-state index contributed by atoms with van der Waals surface area (Å²) in [5.41, 5.74) is 2.27. The molecule has 1 unspecified atom stereocenters. The van der Waals surface area contributed by atoms with Crippen molar-refractivity contribution in [3.05, 3.63) is 47.0 Å². The van der Waals surface area contributed by atoms with Crippen LogP contribution in [0.4, 0.5) is 0 Å². The van der Waals surface area contributed by atoms with Crippen LogP contribution in [0, 0.1) is 5.92 Å². The van der Waals surface area contributed by atoms with Gasteiger partial charge in [-0.15, -0.1) is 0 Å². The van der Waals surface area contributed by atoms with Crippen LogP contribution in [0.25, 0.3) is 0 Å². The summed E-state index contributed by atoms with van der Waals surface area (Å²) < 4.78 is 0. The smallest absolute Gasteiger partial charge is 0.261 e. The number of hydrogen-bond acceptors (Lipinski definition) is 3. The normalized spacial score (nSPS) is 22.6. The molecule has 130 valence electrons. The van der Waals surface area contributed by atoms with Crippen molar-refractivity contribution in [2.45, 2.75) is 32.1 Å². The molecule has 3 aliphatic rings. The number of likely N-dealkylation sites (tertiary alicyclic amines) is 1. The lowest BCUT2D eigenvalue weighted by Crippen LogP contribution is -2.42. The number of rotatable bonds is 3. The predicted octanol–water partition coefficient (Wildman–Crippen LogP) is 2.63. The van der Waals surface area contributed by atoms with E-state index in [1.807, 2.05) is 4.90 Å². The number of benzene rings is 1. The molecular formula is C20H22N2O3. The first kappa shape index (κ1) is 16.1. The highest BCUT2D eigenvalue weighted by Crippen LogP contribution is 2.32. The lowest BCUT2D eigenvalue weighted by molar-refractivity contribution is -0.131. The molecule has 1 saturated heterocycles. The van der Waals surface area contributed by atoms with Crippen LogP contribution in [-0.2, 0) is 4.79 Å². The summed E-state index contributed by atoms with van der Waals surface area (Å²) in [6, 6.07) is 6.83. The Balaban J connectivity index is 1.37. The minimum absolute atomic E-state index is 0.0291. The number of carbonyl (C=O) groups excluding carboxylic acids is 3. The van der Waals surface area contributed by atoms with Crippen LogP contribution in [0.3, 0.4) is 0 Å². The van der Waals surface area contributed by atoms with Gasteiger partial charge in [-0.3, -0.25) is 19.3 Å². The molecule has 1 aromatic carbocycles. The summed E-state index contributed by atoms with van der Waals surface area (Å²) in [5, 5.41) is 0. The maximum Gasteiger partial charge on any atom is 0.261 e. The number of amides is 3. The molecule has 25 heavy (non-hydrogen) atoms. The van der Waals surface area contributed by atoms with E-state index in [4.69, 9.17) is 0 Å². The van der Waals surface area contributed by atoms with E-state index >= 15 is 0 Å². The number of hydrogen-bond donors (Lipinski definition) is 0. The summed E-state index contributed by atoms with van der Waals surface area (Å²) in [6.07, 6.45) is 7.12. The average Bonchev–Trinajstić information content (AvgIpc) is 2.90. The maximum absolute atomic E-state index is 12.6. The second kappa shape index (κ2) is 6.47. The van der Waals surface area contributed by atoms with E-state index in [0.29, 0.717) is 23.6 Å². The van der Waals surface area contributed by atoms with Gasteiger partial charge in [-0.25, -0.2) is 0 Å². The van der Waals surface area contributed by atoms with Crippen molar-refractivity contribution in [3.8, 4) is 0 Å². The fourth-order valence-corrected chi connectivity index (χ4v) is 4.16. The Hall–Kier alpha value is -2.43. The molecule has 1 aromatic rings. The van der Waals surface area contributed by atoms with E-state index in [0.717, 1.165) is 19.4 Å². The monoisotopic (exact) mass is 338 g/mol. The summed E-state index contributed by atoms with van der Waals surface area (Å²) in [4.78, 5) is 40.4. The molecule has 1 fully saturated rings. The Morgan fingerprint density at radius 3 is 2.52 bits per heavy atom. The third-order valence-electron chi connectivity index (χ3n) is 5.59. The first-order valence-corrected chi connectivity index (χ1v) is 9.07. The Labute approximate surface area is 147 Å². The van der Waals surface area contributed by atoms with Crippen LogP contribution in [0.2, 0.25) is 0 Å². The zero-order chi connectivity index (χ0) is 17.4. The third kappa shape index (κ3) is 2.88. The highest BCUT2D eigenvalue weighted by Gasteiger charge is 2.35. The van der Waals surface area contributed by atoms with Gasteiger partial charge in [0.15, 0.2) is 0 Å². The maximum atomic E-state index is 12.6. The number of nitrogens with zero attached hydrogens (tertiary/aromatic N) is 2. The molecule has 5 heteroatoms. The highest BCUT2D eigenvalue weighted by atomic mass is 16.2. The molecule has 0 saturated carbocycles. The van der Waals surface area contributed by atoms with Gasteiger partial charge in [0, 0.05) is 26.1 Å². The van der Waals surface area contributed by atoms with Gasteiger partial charge in [-0.05, 0) is 43.7 Å². The van der Waals surface area contributed by atoms with Gasteiger partial charge in [0.1, 0.15) is 0 Å². The van der Waals surface area contributed by atoms with E-state index in [1.165, 1.54) is 23.3 Å². The molecule has 0 bridgehead atoms. The minimum Gasteiger partial charge on any atom is -0.339 e. The van der Waals surface area contributed by atoms with Gasteiger partial charge in [0.05, 0.1) is 11.1 Å². The van der Waals surface area contributed by atoms with Crippen molar-refractivity contribution in [1.29, 1.82) is 0 Å². The van der Waals surface area contributed by atoms with Crippen LogP contribution < -0.4 is 0 Å². The topological polar surface area (TPSA) is 57.7 Å². The molecule has 0 aromatic heterocycles. The summed E-state index contributed by atoms with van der Waals surface area (Å²) in [6.45, 7) is 1.65. The van der Waals surface area contributed by atoms with Crippen LogP contribution >= 0.6 is 0 Å². The molecule has 4 rings (SSSR count). The summed E-state index contributed by atoms with van der Waals surface area (Å²) >= 11 is 0. The van der Waals surface area contributed by atoms with Gasteiger partial charge < -0.3 is 4.90 Å². The van der Waals surface area contributed by atoms with Crippen molar-refractivity contribution in [1.82, 2.24) is 9.80 Å². The second-order valence-corrected chi connectivity index (χ2v) is 7.07. The molecular weight excluding hydrogens is 316 g/mol. The first-order valence-electron chi connectivity index (χ1n) is 9.07. The molecule has 0 N–H and O–H groups in total. The fourth-order valence-electron chi connectivity index (χ4n) is 4.16. The zero-order valence-electron chi connectivity index (χ0n) is 14.2. The summed E-state index contributed by atoms with van der Waals surface area (Å²) in [7, 11) is 0. The largest absolute Gasteiger partial charge is 0.339 e. The lowest BCUT2D eigenvalue weighted by Gasteiger charge is -2.36. The quantitative estimate of drug-likeness (QED) is 0.629. The average molecular weight is 338 g/mol. The van der Waals surface area contributed by atoms with Crippen molar-refractivity contribution in [2.24, 2.45) is 5.92 Å². The van der Waals surface area contributed by atoms with Crippen LogP contribution in [0.5, 0.6) is 0 Å². The number of fused-ring (bicyclic) bond motifs is 2. The summed E-state index contributed by atoms with van der Waals surface area (Å²) in [5.74, 6) is 0.0970. The molecule has 5 nitrogen and oxygen atoms in total. The Bertz CT molecular complexity index is 733. The number of piperidine rings is 1. The van der Waals surface area contributed by atoms with Crippen LogP contribution in [0.15, 0.2) is 35.9 Å². The van der Waals surface area contributed by atoms with Gasteiger partial charge in [-0.1, -0.05) is 23.8 Å². The van der Waals surface area contributed by atoms with Crippen molar-refractivity contribution >= 4 is 17.7 Å². The van der Waals surface area contributed by atoms with Crippen LogP contribution in [0.1, 0.15) is 52.8 Å². The standard InChI is InChI=1S/C20H22N2O3/c23-18(21-11-9-14-5-1-2-6-15(14)13-21)10-12-22-19(24)16-7-3-4-8-17(16)20(22)25/h3-4,6-8,14H,1-2,5,9-13H2. The molecule has 1 aliphatic carbocycles. The highest BCUT2D eigenvalue weighted by molar-refractivity contribution is 6.21. The van der Waals surface area contributed by atoms with Crippen molar-refractivity contribution < 1.29 is 14.4 Å². The molecule has 2 aliphatic heterocycles. The van der Waals surface area contributed by atoms with Crippen molar-refractivity contribution in [3.63, 3.8) is 0 Å². The zero-order valence-corrected chi connectivity index (χ0v) is 14.2. The third-order valence-corrected chi connectivity index (χ3v) is 5.59. The second-order valence-electron chi connectivity index (χ2n) is 7.07. The molecule has 2 heterocycles. The van der Waals surface area contributed by atoms with E-state index in [2.05, 4.69) is 6.08 Å². The number of carbonyl (C=O) groups is 3. The van der Waals surface area contributed by atoms with E-state index in [-0.39, 0.29) is 30.7 Å². The van der Waals surface area contributed by atoms with Crippen LogP contribution in [-0.4, -0.2) is 47.2 Å². The predicted molar refractivity (Wildman–Crippen MR) is 93.0 cm³/mol. The van der Waals surface area contributed by atoms with Gasteiger partial charge in [-0.2, -0.15) is 0 Å². The van der Waals surface area contributed by atoms with Gasteiger partial charge in [0.2, 0.25) is 5.91 Å². The molecule has 0 radical (unpaired) electrons. The molecule has 1 atom stereocenters. The first-order chi connectivity index (χ1) is 12.1. The molecule has 3 amide bonds. The Morgan fingerprint density at radius 1 is 1.08 bits per heavy atom. The van der Waals surface area contributed by atoms with Crippen molar-refractivity contribution in [2.75, 3.05) is 19.6 Å². The van der Waals surface area contributed by atoms with Gasteiger partial charge in [0.25, 0.3) is 11.8 Å². The van der Waals surface area contributed by atoms with E-state index < -0.39 is 0 Å². The number of imide groups is 1.